The molecule has 0 aliphatic rings. The van der Waals surface area contributed by atoms with Gasteiger partial charge in [0.05, 0.1) is 17.8 Å². The van der Waals surface area contributed by atoms with Crippen LogP contribution in [0.25, 0.3) is 0 Å². The third-order valence-electron chi connectivity index (χ3n) is 3.54. The number of carbonyl (C=O) groups excluding carboxylic acids is 1. The zero-order valence-corrected chi connectivity index (χ0v) is 14.0. The van der Waals surface area contributed by atoms with Gasteiger partial charge < -0.3 is 0 Å². The third-order valence-corrected chi connectivity index (χ3v) is 4.48. The molecule has 0 radical (unpaired) electrons. The Hall–Kier alpha value is -2.46. The van der Waals surface area contributed by atoms with Crippen molar-refractivity contribution in [2.75, 3.05) is 4.90 Å². The van der Waals surface area contributed by atoms with Crippen LogP contribution in [0.3, 0.4) is 0 Å². The number of aromatic nitrogens is 1. The van der Waals surface area contributed by atoms with E-state index in [2.05, 4.69) is 4.98 Å². The van der Waals surface area contributed by atoms with Gasteiger partial charge >= 0.3 is 0 Å². The lowest BCUT2D eigenvalue weighted by Crippen LogP contribution is -2.27. The van der Waals surface area contributed by atoms with E-state index < -0.39 is 0 Å². The Balaban J connectivity index is 1.91. The second kappa shape index (κ2) is 6.75. The molecule has 2 aromatic carbocycles. The van der Waals surface area contributed by atoms with Crippen LogP contribution in [0.5, 0.6) is 0 Å². The Kier molecular flexibility index (Phi) is 4.53. The first-order valence-corrected chi connectivity index (χ1v) is 8.37. The highest BCUT2D eigenvalue weighted by molar-refractivity contribution is 7.14. The molecule has 4 heteroatoms. The van der Waals surface area contributed by atoms with E-state index in [-0.39, 0.29) is 5.91 Å². The fraction of sp³-hybridized carbons (Fsp3) is 0.158. The number of hydrogen-bond donors (Lipinski definition) is 0. The number of hydrogen-bond acceptors (Lipinski definition) is 3. The molecule has 0 aliphatic carbocycles. The summed E-state index contributed by atoms with van der Waals surface area (Å²) < 4.78 is 0. The molecule has 0 aliphatic heterocycles. The zero-order chi connectivity index (χ0) is 16.2. The number of rotatable bonds is 4. The second-order valence-corrected chi connectivity index (χ2v) is 6.34. The highest BCUT2D eigenvalue weighted by Gasteiger charge is 2.20. The number of thiazole rings is 1. The number of nitrogens with zero attached hydrogens (tertiary/aromatic N) is 2. The summed E-state index contributed by atoms with van der Waals surface area (Å²) in [5.41, 5.74) is 3.97. The van der Waals surface area contributed by atoms with Crippen LogP contribution in [0.2, 0.25) is 0 Å². The highest BCUT2D eigenvalue weighted by atomic mass is 32.1. The van der Waals surface area contributed by atoms with Gasteiger partial charge in [-0.25, -0.2) is 4.98 Å². The number of amides is 1. The van der Waals surface area contributed by atoms with Gasteiger partial charge in [0.1, 0.15) is 0 Å². The van der Waals surface area contributed by atoms with Gasteiger partial charge in [-0.05, 0) is 31.5 Å². The van der Waals surface area contributed by atoms with Crippen molar-refractivity contribution in [3.05, 3.63) is 76.8 Å². The molecule has 0 unspecified atom stereocenters. The van der Waals surface area contributed by atoms with Crippen LogP contribution in [0.15, 0.2) is 60.0 Å². The predicted octanol–water partition coefficient (Wildman–Crippen LogP) is 4.67. The van der Waals surface area contributed by atoms with E-state index in [1.807, 2.05) is 73.8 Å². The standard InChI is InChI=1S/C19H18N2OS/c1-14-8-10-16(11-9-14)12-18(22)21(17-6-4-3-5-7-17)19-20-15(2)13-23-19/h3-11,13H,12H2,1-2H3. The van der Waals surface area contributed by atoms with Gasteiger partial charge in [-0.15, -0.1) is 11.3 Å². The second-order valence-electron chi connectivity index (χ2n) is 5.50. The molecule has 0 saturated carbocycles. The van der Waals surface area contributed by atoms with Gasteiger partial charge in [-0.3, -0.25) is 9.69 Å². The summed E-state index contributed by atoms with van der Waals surface area (Å²) in [6.45, 7) is 3.98. The smallest absolute Gasteiger partial charge is 0.237 e. The lowest BCUT2D eigenvalue weighted by atomic mass is 10.1. The van der Waals surface area contributed by atoms with Gasteiger partial charge in [0, 0.05) is 5.38 Å². The maximum atomic E-state index is 12.9. The number of anilines is 2. The van der Waals surface area contributed by atoms with Crippen LogP contribution in [0.4, 0.5) is 10.8 Å². The van der Waals surface area contributed by atoms with Gasteiger partial charge in [-0.1, -0.05) is 48.0 Å². The molecule has 0 spiro atoms. The van der Waals surface area contributed by atoms with E-state index >= 15 is 0 Å². The first-order chi connectivity index (χ1) is 11.1. The van der Waals surface area contributed by atoms with Crippen molar-refractivity contribution >= 4 is 28.1 Å². The van der Waals surface area contributed by atoms with Crippen molar-refractivity contribution in [1.29, 1.82) is 0 Å². The minimum absolute atomic E-state index is 0.0226. The molecule has 3 rings (SSSR count). The molecule has 0 atom stereocenters. The van der Waals surface area contributed by atoms with Gasteiger partial charge in [0.15, 0.2) is 5.13 Å². The minimum Gasteiger partial charge on any atom is -0.274 e. The van der Waals surface area contributed by atoms with Crippen molar-refractivity contribution < 1.29 is 4.79 Å². The summed E-state index contributed by atoms with van der Waals surface area (Å²) in [5.74, 6) is 0.0226. The molecular weight excluding hydrogens is 304 g/mol. The molecule has 0 saturated heterocycles. The normalized spacial score (nSPS) is 10.5. The molecule has 116 valence electrons. The first-order valence-electron chi connectivity index (χ1n) is 7.49. The molecule has 3 aromatic rings. The predicted molar refractivity (Wildman–Crippen MR) is 95.3 cm³/mol. The molecule has 0 bridgehead atoms. The quantitative estimate of drug-likeness (QED) is 0.699. The van der Waals surface area contributed by atoms with Crippen molar-refractivity contribution in [3.63, 3.8) is 0 Å². The van der Waals surface area contributed by atoms with E-state index in [1.54, 1.807) is 4.90 Å². The van der Waals surface area contributed by atoms with Crippen molar-refractivity contribution in [2.45, 2.75) is 20.3 Å². The van der Waals surface area contributed by atoms with Gasteiger partial charge in [-0.2, -0.15) is 0 Å². The molecular formula is C19H18N2OS. The number of para-hydroxylation sites is 1. The number of benzene rings is 2. The molecule has 0 fully saturated rings. The van der Waals surface area contributed by atoms with Crippen LogP contribution in [-0.2, 0) is 11.2 Å². The number of aryl methyl sites for hydroxylation is 2. The first kappa shape index (κ1) is 15.4. The van der Waals surface area contributed by atoms with Crippen LogP contribution in [0, 0.1) is 13.8 Å². The van der Waals surface area contributed by atoms with Crippen molar-refractivity contribution in [2.24, 2.45) is 0 Å². The Morgan fingerprint density at radius 1 is 1.04 bits per heavy atom. The van der Waals surface area contributed by atoms with E-state index in [9.17, 15) is 4.79 Å². The van der Waals surface area contributed by atoms with Crippen LogP contribution in [-0.4, -0.2) is 10.9 Å². The maximum absolute atomic E-state index is 12.9. The fourth-order valence-corrected chi connectivity index (χ4v) is 3.18. The molecule has 23 heavy (non-hydrogen) atoms. The molecule has 1 heterocycles. The Labute approximate surface area is 140 Å². The van der Waals surface area contributed by atoms with Gasteiger partial charge in [0.2, 0.25) is 5.91 Å². The summed E-state index contributed by atoms with van der Waals surface area (Å²) in [6, 6.07) is 17.7. The van der Waals surface area contributed by atoms with Crippen molar-refractivity contribution in [1.82, 2.24) is 4.98 Å². The monoisotopic (exact) mass is 322 g/mol. The summed E-state index contributed by atoms with van der Waals surface area (Å²) >= 11 is 1.49. The topological polar surface area (TPSA) is 33.2 Å². The highest BCUT2D eigenvalue weighted by Crippen LogP contribution is 2.29. The molecule has 1 amide bonds. The fourth-order valence-electron chi connectivity index (χ4n) is 2.34. The SMILES string of the molecule is Cc1ccc(CC(=O)N(c2ccccc2)c2nc(C)cs2)cc1. The lowest BCUT2D eigenvalue weighted by Gasteiger charge is -2.20. The Morgan fingerprint density at radius 3 is 2.35 bits per heavy atom. The van der Waals surface area contributed by atoms with Gasteiger partial charge in [0.25, 0.3) is 0 Å². The van der Waals surface area contributed by atoms with E-state index in [0.29, 0.717) is 11.6 Å². The molecule has 0 N–H and O–H groups in total. The summed E-state index contributed by atoms with van der Waals surface area (Å²) in [4.78, 5) is 19.1. The van der Waals surface area contributed by atoms with E-state index in [4.69, 9.17) is 0 Å². The maximum Gasteiger partial charge on any atom is 0.237 e. The third kappa shape index (κ3) is 3.66. The van der Waals surface area contributed by atoms with E-state index in [1.165, 1.54) is 16.9 Å². The largest absolute Gasteiger partial charge is 0.274 e. The summed E-state index contributed by atoms with van der Waals surface area (Å²) in [7, 11) is 0. The number of carbonyl (C=O) groups is 1. The summed E-state index contributed by atoms with van der Waals surface area (Å²) in [6.07, 6.45) is 0.355. The van der Waals surface area contributed by atoms with Crippen LogP contribution < -0.4 is 4.90 Å². The zero-order valence-electron chi connectivity index (χ0n) is 13.2. The van der Waals surface area contributed by atoms with Crippen LogP contribution >= 0.6 is 11.3 Å². The Bertz CT molecular complexity index is 794. The molecule has 1 aromatic heterocycles. The molecule has 3 nitrogen and oxygen atoms in total. The van der Waals surface area contributed by atoms with Crippen molar-refractivity contribution in [3.8, 4) is 0 Å². The minimum atomic E-state index is 0.0226. The summed E-state index contributed by atoms with van der Waals surface area (Å²) in [5, 5.41) is 2.68. The van der Waals surface area contributed by atoms with E-state index in [0.717, 1.165) is 16.9 Å². The Morgan fingerprint density at radius 2 is 1.74 bits per heavy atom. The average molecular weight is 322 g/mol. The average Bonchev–Trinajstić information content (AvgIpc) is 2.97. The lowest BCUT2D eigenvalue weighted by molar-refractivity contribution is -0.117. The van der Waals surface area contributed by atoms with Crippen LogP contribution in [0.1, 0.15) is 16.8 Å².